The molecule has 3 nitrogen and oxygen atoms in total. The van der Waals surface area contributed by atoms with E-state index in [1.807, 2.05) is 29.2 Å². The highest BCUT2D eigenvalue weighted by molar-refractivity contribution is 7.20. The van der Waals surface area contributed by atoms with Crippen LogP contribution in [-0.2, 0) is 13.1 Å². The van der Waals surface area contributed by atoms with Crippen molar-refractivity contribution in [3.05, 3.63) is 117 Å². The largest absolute Gasteiger partial charge is 0.334 e. The van der Waals surface area contributed by atoms with Crippen LogP contribution in [0.15, 0.2) is 84.9 Å². The number of carbonyl (C=O) groups is 1. The van der Waals surface area contributed by atoms with Gasteiger partial charge in [-0.25, -0.2) is 0 Å². The lowest BCUT2D eigenvalue weighted by Gasteiger charge is -2.37. The number of unbranched alkanes of at least 4 members (excludes halogenated alkanes) is 1. The molecule has 0 radical (unpaired) electrons. The Kier molecular flexibility index (Phi) is 9.67. The fourth-order valence-corrected chi connectivity index (χ4v) is 7.58. The molecule has 42 heavy (non-hydrogen) atoms. The Morgan fingerprint density at radius 2 is 1.55 bits per heavy atom. The third-order valence-corrected chi connectivity index (χ3v) is 10.1. The Labute approximate surface area is 259 Å². The Balaban J connectivity index is 1.33. The van der Waals surface area contributed by atoms with Gasteiger partial charge >= 0.3 is 0 Å². The molecule has 5 rings (SSSR count). The van der Waals surface area contributed by atoms with E-state index >= 15 is 0 Å². The third kappa shape index (κ3) is 7.06. The number of nitrogens with zero attached hydrogens (tertiary/aromatic N) is 2. The van der Waals surface area contributed by atoms with Crippen molar-refractivity contribution in [1.82, 2.24) is 4.90 Å². The van der Waals surface area contributed by atoms with Gasteiger partial charge < -0.3 is 9.38 Å². The van der Waals surface area contributed by atoms with Crippen LogP contribution in [-0.4, -0.2) is 41.5 Å². The Morgan fingerprint density at radius 1 is 0.810 bits per heavy atom. The van der Waals surface area contributed by atoms with Crippen molar-refractivity contribution in [3.63, 3.8) is 0 Å². The summed E-state index contributed by atoms with van der Waals surface area (Å²) in [5, 5.41) is 4.07. The van der Waals surface area contributed by atoms with E-state index in [0.717, 1.165) is 70.6 Å². The molecule has 218 valence electrons. The van der Waals surface area contributed by atoms with Crippen LogP contribution in [0.2, 0.25) is 5.02 Å². The fourth-order valence-electron chi connectivity index (χ4n) is 6.24. The van der Waals surface area contributed by atoms with E-state index in [9.17, 15) is 4.79 Å². The number of quaternary nitrogens is 1. The lowest BCUT2D eigenvalue weighted by molar-refractivity contribution is -0.938. The number of halogens is 1. The maximum absolute atomic E-state index is 14.0. The third-order valence-electron chi connectivity index (χ3n) is 8.65. The summed E-state index contributed by atoms with van der Waals surface area (Å²) in [6.07, 6.45) is 2.05. The Hall–Kier alpha value is -3.18. The summed E-state index contributed by atoms with van der Waals surface area (Å²) in [6.45, 7) is 14.7. The summed E-state index contributed by atoms with van der Waals surface area (Å²) < 4.78 is 2.12. The van der Waals surface area contributed by atoms with Crippen LogP contribution in [0.4, 0.5) is 0 Å². The summed E-state index contributed by atoms with van der Waals surface area (Å²) in [5.41, 5.74) is 5.25. The van der Waals surface area contributed by atoms with Gasteiger partial charge in [0.05, 0.1) is 24.5 Å². The molecule has 1 amide bonds. The zero-order valence-corrected chi connectivity index (χ0v) is 26.9. The molecule has 4 aromatic carbocycles. The molecule has 5 aromatic rings. The quantitative estimate of drug-likeness (QED) is 0.103. The summed E-state index contributed by atoms with van der Waals surface area (Å²) in [5.74, 6) is 0.0856. The van der Waals surface area contributed by atoms with Crippen molar-refractivity contribution in [2.24, 2.45) is 0 Å². The minimum absolute atomic E-state index is 0.0856. The van der Waals surface area contributed by atoms with Crippen molar-refractivity contribution in [2.45, 2.75) is 53.6 Å². The first-order valence-corrected chi connectivity index (χ1v) is 16.4. The average Bonchev–Trinajstić information content (AvgIpc) is 3.43. The smallest absolute Gasteiger partial charge is 0.264 e. The molecule has 0 bridgehead atoms. The highest BCUT2D eigenvalue weighted by Gasteiger charge is 2.25. The molecule has 5 heteroatoms. The monoisotopic (exact) mass is 597 g/mol. The Bertz CT molecular complexity index is 1670. The summed E-state index contributed by atoms with van der Waals surface area (Å²) in [4.78, 5) is 16.8. The minimum atomic E-state index is 0.0856. The van der Waals surface area contributed by atoms with E-state index in [2.05, 4.69) is 88.4 Å². The van der Waals surface area contributed by atoms with Crippen LogP contribution in [0.25, 0.3) is 20.9 Å². The molecule has 0 atom stereocenters. The number of hydrogen-bond acceptors (Lipinski definition) is 2. The summed E-state index contributed by atoms with van der Waals surface area (Å²) in [7, 11) is 0. The number of carbonyl (C=O) groups excluding carboxylic acids is 1. The maximum atomic E-state index is 14.0. The number of fused-ring (bicyclic) bond motifs is 2. The molecule has 0 fully saturated rings. The van der Waals surface area contributed by atoms with Gasteiger partial charge in [0, 0.05) is 33.8 Å². The van der Waals surface area contributed by atoms with Gasteiger partial charge in [-0.1, -0.05) is 83.4 Å². The van der Waals surface area contributed by atoms with E-state index in [1.165, 1.54) is 38.8 Å². The van der Waals surface area contributed by atoms with Gasteiger partial charge in [0.2, 0.25) is 0 Å². The predicted molar refractivity (Wildman–Crippen MR) is 181 cm³/mol. The van der Waals surface area contributed by atoms with Crippen LogP contribution in [0.1, 0.15) is 58.6 Å². The molecule has 0 spiro atoms. The molecule has 0 aliphatic carbocycles. The second kappa shape index (κ2) is 13.4. The van der Waals surface area contributed by atoms with Gasteiger partial charge in [0.1, 0.15) is 6.54 Å². The van der Waals surface area contributed by atoms with Gasteiger partial charge in [-0.15, -0.1) is 11.3 Å². The molecule has 0 aliphatic heterocycles. The molecular weight excluding hydrogens is 556 g/mol. The standard InChI is InChI=1S/C37H42ClN2OS/c1-5-40(6-2,26-30-21-27(3)20-28(4)22-30)19-10-9-18-39(25-29-16-17-31-12-7-8-13-32(31)23-29)37(41)36-24-33-34(38)14-11-15-35(33)42-36/h7-8,11-17,20-24H,5-6,9-10,18-19,25-26H2,1-4H3/q+1. The van der Waals surface area contributed by atoms with Crippen LogP contribution in [0.3, 0.4) is 0 Å². The average molecular weight is 598 g/mol. The second-order valence-electron chi connectivity index (χ2n) is 11.7. The van der Waals surface area contributed by atoms with Crippen molar-refractivity contribution in [3.8, 4) is 0 Å². The topological polar surface area (TPSA) is 20.3 Å². The Morgan fingerprint density at radius 3 is 2.26 bits per heavy atom. The number of rotatable bonds is 12. The molecular formula is C37H42ClN2OS+. The second-order valence-corrected chi connectivity index (χ2v) is 13.2. The van der Waals surface area contributed by atoms with Crippen LogP contribution < -0.4 is 0 Å². The molecule has 0 N–H and O–H groups in total. The highest BCUT2D eigenvalue weighted by atomic mass is 35.5. The maximum Gasteiger partial charge on any atom is 0.264 e. The van der Waals surface area contributed by atoms with Crippen molar-refractivity contribution in [2.75, 3.05) is 26.2 Å². The zero-order valence-electron chi connectivity index (χ0n) is 25.3. The normalized spacial score (nSPS) is 11.8. The van der Waals surface area contributed by atoms with Gasteiger partial charge in [0.15, 0.2) is 0 Å². The fraction of sp³-hybridized carbons (Fsp3) is 0.324. The van der Waals surface area contributed by atoms with E-state index in [1.54, 1.807) is 0 Å². The van der Waals surface area contributed by atoms with Gasteiger partial charge in [-0.3, -0.25) is 4.79 Å². The van der Waals surface area contributed by atoms with Gasteiger partial charge in [-0.2, -0.15) is 0 Å². The molecule has 0 saturated carbocycles. The zero-order chi connectivity index (χ0) is 29.7. The van der Waals surface area contributed by atoms with Crippen molar-refractivity contribution >= 4 is 49.7 Å². The summed E-state index contributed by atoms with van der Waals surface area (Å²) in [6, 6.07) is 29.7. The van der Waals surface area contributed by atoms with E-state index in [4.69, 9.17) is 11.6 Å². The van der Waals surface area contributed by atoms with Crippen LogP contribution >= 0.6 is 22.9 Å². The first-order valence-electron chi connectivity index (χ1n) is 15.2. The number of amides is 1. The summed E-state index contributed by atoms with van der Waals surface area (Å²) >= 11 is 8.00. The van der Waals surface area contributed by atoms with Gasteiger partial charge in [0.25, 0.3) is 5.91 Å². The number of benzene rings is 4. The number of thiophene rings is 1. The highest BCUT2D eigenvalue weighted by Crippen LogP contribution is 2.32. The van der Waals surface area contributed by atoms with Crippen molar-refractivity contribution in [1.29, 1.82) is 0 Å². The molecule has 1 heterocycles. The van der Waals surface area contributed by atoms with E-state index < -0.39 is 0 Å². The molecule has 1 aromatic heterocycles. The van der Waals surface area contributed by atoms with E-state index in [0.29, 0.717) is 11.6 Å². The molecule has 0 aliphatic rings. The van der Waals surface area contributed by atoms with Crippen LogP contribution in [0.5, 0.6) is 0 Å². The SMILES string of the molecule is CC[N+](CC)(CCCCN(Cc1ccc2ccccc2c1)C(=O)c1cc2c(Cl)cccc2s1)Cc1cc(C)cc(C)c1. The minimum Gasteiger partial charge on any atom is -0.334 e. The first-order chi connectivity index (χ1) is 20.3. The van der Waals surface area contributed by atoms with Crippen LogP contribution in [0, 0.1) is 13.8 Å². The number of aryl methyl sites for hydroxylation is 2. The molecule has 0 unspecified atom stereocenters. The predicted octanol–water partition coefficient (Wildman–Crippen LogP) is 9.80. The number of hydrogen-bond donors (Lipinski definition) is 0. The van der Waals surface area contributed by atoms with Crippen molar-refractivity contribution < 1.29 is 9.28 Å². The van der Waals surface area contributed by atoms with Gasteiger partial charge in [-0.05, 0) is 81.1 Å². The lowest BCUT2D eigenvalue weighted by Crippen LogP contribution is -2.47. The lowest BCUT2D eigenvalue weighted by atomic mass is 10.1. The molecule has 0 saturated heterocycles. The first kappa shape index (κ1) is 30.3. The van der Waals surface area contributed by atoms with E-state index in [-0.39, 0.29) is 5.91 Å².